The first-order valence-corrected chi connectivity index (χ1v) is 8.75. The number of carboxylic acids is 1. The van der Waals surface area contributed by atoms with Gasteiger partial charge in [-0.15, -0.1) is 0 Å². The third-order valence-electron chi connectivity index (χ3n) is 3.70. The number of rotatable bonds is 10. The fourth-order valence-electron chi connectivity index (χ4n) is 2.67. The first-order chi connectivity index (χ1) is 12.2. The molecule has 1 aromatic rings. The summed E-state index contributed by atoms with van der Waals surface area (Å²) in [5.41, 5.74) is 0.676. The van der Waals surface area contributed by atoms with Gasteiger partial charge in [-0.3, -0.25) is 9.59 Å². The number of amides is 2. The number of nitrogens with one attached hydrogen (secondary N) is 2. The Bertz CT molecular complexity index is 630. The van der Waals surface area contributed by atoms with Gasteiger partial charge in [0.2, 0.25) is 11.8 Å². The molecule has 26 heavy (non-hydrogen) atoms. The van der Waals surface area contributed by atoms with E-state index in [-0.39, 0.29) is 18.2 Å². The molecule has 7 nitrogen and oxygen atoms in total. The molecule has 0 heterocycles. The monoisotopic (exact) mass is 364 g/mol. The van der Waals surface area contributed by atoms with Gasteiger partial charge in [0.05, 0.1) is 19.1 Å². The van der Waals surface area contributed by atoms with Crippen LogP contribution in [0.5, 0.6) is 5.75 Å². The molecule has 2 atom stereocenters. The molecular formula is C19H28N2O5. The number of carboxylic acid groups (broad SMARTS) is 1. The molecule has 0 aliphatic rings. The van der Waals surface area contributed by atoms with Crippen molar-refractivity contribution in [3.63, 3.8) is 0 Å². The predicted octanol–water partition coefficient (Wildman–Crippen LogP) is 2.27. The van der Waals surface area contributed by atoms with Crippen LogP contribution in [0.3, 0.4) is 0 Å². The number of hydrogen-bond donors (Lipinski definition) is 3. The summed E-state index contributed by atoms with van der Waals surface area (Å²) in [6.45, 7) is 7.44. The molecule has 7 heteroatoms. The Labute approximate surface area is 154 Å². The number of ether oxygens (including phenoxy) is 1. The van der Waals surface area contributed by atoms with Gasteiger partial charge in [0.25, 0.3) is 0 Å². The Morgan fingerprint density at radius 1 is 1.15 bits per heavy atom. The molecule has 144 valence electrons. The van der Waals surface area contributed by atoms with Crippen LogP contribution in [-0.4, -0.2) is 35.5 Å². The molecule has 2 amide bonds. The summed E-state index contributed by atoms with van der Waals surface area (Å²) in [6.07, 6.45) is 0.257. The maximum absolute atomic E-state index is 12.4. The Balaban J connectivity index is 2.95. The lowest BCUT2D eigenvalue weighted by Crippen LogP contribution is -2.43. The Kier molecular flexibility index (Phi) is 8.61. The first kappa shape index (κ1) is 21.5. The molecule has 1 unspecified atom stereocenters. The molecular weight excluding hydrogens is 336 g/mol. The van der Waals surface area contributed by atoms with Crippen molar-refractivity contribution < 1.29 is 24.2 Å². The zero-order chi connectivity index (χ0) is 19.7. The molecule has 0 aliphatic heterocycles. The predicted molar refractivity (Wildman–Crippen MR) is 97.8 cm³/mol. The first-order valence-electron chi connectivity index (χ1n) is 8.75. The Morgan fingerprint density at radius 2 is 1.81 bits per heavy atom. The third kappa shape index (κ3) is 7.13. The van der Waals surface area contributed by atoms with Crippen LogP contribution in [0.25, 0.3) is 0 Å². The van der Waals surface area contributed by atoms with Gasteiger partial charge in [0.1, 0.15) is 11.8 Å². The molecule has 0 bridgehead atoms. The molecule has 0 spiro atoms. The van der Waals surface area contributed by atoms with E-state index in [2.05, 4.69) is 10.6 Å². The van der Waals surface area contributed by atoms with Gasteiger partial charge in [0.15, 0.2) is 0 Å². The van der Waals surface area contributed by atoms with Crippen LogP contribution >= 0.6 is 0 Å². The molecule has 1 rings (SSSR count). The van der Waals surface area contributed by atoms with Crippen molar-refractivity contribution in [3.8, 4) is 5.75 Å². The lowest BCUT2D eigenvalue weighted by molar-refractivity contribution is -0.142. The highest BCUT2D eigenvalue weighted by molar-refractivity contribution is 5.84. The van der Waals surface area contributed by atoms with Crippen LogP contribution < -0.4 is 15.4 Å². The van der Waals surface area contributed by atoms with E-state index >= 15 is 0 Å². The van der Waals surface area contributed by atoms with Crippen molar-refractivity contribution in [2.75, 3.05) is 6.61 Å². The summed E-state index contributed by atoms with van der Waals surface area (Å²) in [7, 11) is 0. The normalized spacial score (nSPS) is 13.0. The smallest absolute Gasteiger partial charge is 0.326 e. The number of para-hydroxylation sites is 1. The molecule has 0 radical (unpaired) electrons. The minimum absolute atomic E-state index is 0.0778. The van der Waals surface area contributed by atoms with E-state index in [9.17, 15) is 19.5 Å². The molecule has 0 saturated heterocycles. The van der Waals surface area contributed by atoms with Gasteiger partial charge in [-0.05, 0) is 25.3 Å². The van der Waals surface area contributed by atoms with Crippen LogP contribution in [0.1, 0.15) is 52.1 Å². The van der Waals surface area contributed by atoms with Crippen molar-refractivity contribution in [1.29, 1.82) is 0 Å². The number of carbonyl (C=O) groups excluding carboxylic acids is 2. The van der Waals surface area contributed by atoms with Crippen LogP contribution in [0.15, 0.2) is 24.3 Å². The summed E-state index contributed by atoms with van der Waals surface area (Å²) in [6, 6.07) is 5.59. The summed E-state index contributed by atoms with van der Waals surface area (Å²) in [5.74, 6) is -1.09. The van der Waals surface area contributed by atoms with E-state index in [1.165, 1.54) is 6.92 Å². The summed E-state index contributed by atoms with van der Waals surface area (Å²) < 4.78 is 5.58. The summed E-state index contributed by atoms with van der Waals surface area (Å²) in [5, 5.41) is 14.6. The van der Waals surface area contributed by atoms with E-state index in [4.69, 9.17) is 4.74 Å². The van der Waals surface area contributed by atoms with Crippen molar-refractivity contribution in [2.24, 2.45) is 5.92 Å². The van der Waals surface area contributed by atoms with Gasteiger partial charge in [-0.2, -0.15) is 0 Å². The minimum Gasteiger partial charge on any atom is -0.494 e. The van der Waals surface area contributed by atoms with E-state index in [1.54, 1.807) is 18.2 Å². The van der Waals surface area contributed by atoms with Crippen LogP contribution in [-0.2, 0) is 14.4 Å². The Hall–Kier alpha value is -2.57. The van der Waals surface area contributed by atoms with Crippen molar-refractivity contribution in [1.82, 2.24) is 10.6 Å². The van der Waals surface area contributed by atoms with Gasteiger partial charge in [0, 0.05) is 12.5 Å². The second-order valence-electron chi connectivity index (χ2n) is 6.52. The average molecular weight is 364 g/mol. The molecule has 0 saturated carbocycles. The highest BCUT2D eigenvalue weighted by atomic mass is 16.5. The van der Waals surface area contributed by atoms with Crippen molar-refractivity contribution >= 4 is 17.8 Å². The van der Waals surface area contributed by atoms with Crippen LogP contribution in [0, 0.1) is 5.92 Å². The topological polar surface area (TPSA) is 105 Å². The largest absolute Gasteiger partial charge is 0.494 e. The fourth-order valence-corrected chi connectivity index (χ4v) is 2.67. The van der Waals surface area contributed by atoms with Crippen LogP contribution in [0.2, 0.25) is 0 Å². The fraction of sp³-hybridized carbons (Fsp3) is 0.526. The maximum atomic E-state index is 12.4. The Morgan fingerprint density at radius 3 is 2.35 bits per heavy atom. The number of carbonyl (C=O) groups is 3. The second-order valence-corrected chi connectivity index (χ2v) is 6.52. The van der Waals surface area contributed by atoms with Gasteiger partial charge in [-0.1, -0.05) is 32.0 Å². The number of aliphatic carboxylic acids is 1. The van der Waals surface area contributed by atoms with Crippen LogP contribution in [0.4, 0.5) is 0 Å². The SMILES string of the molecule is CCOc1ccccc1C(CC(=O)N[C@@H](CC(C)C)C(=O)O)NC(C)=O. The van der Waals surface area contributed by atoms with Gasteiger partial charge < -0.3 is 20.5 Å². The van der Waals surface area contributed by atoms with Gasteiger partial charge in [-0.25, -0.2) is 4.79 Å². The van der Waals surface area contributed by atoms with E-state index in [0.29, 0.717) is 24.3 Å². The molecule has 1 aromatic carbocycles. The highest BCUT2D eigenvalue weighted by Gasteiger charge is 2.25. The zero-order valence-corrected chi connectivity index (χ0v) is 15.7. The minimum atomic E-state index is -1.07. The summed E-state index contributed by atoms with van der Waals surface area (Å²) in [4.78, 5) is 35.3. The third-order valence-corrected chi connectivity index (χ3v) is 3.70. The van der Waals surface area contributed by atoms with Crippen molar-refractivity contribution in [2.45, 2.75) is 52.6 Å². The summed E-state index contributed by atoms with van der Waals surface area (Å²) >= 11 is 0. The second kappa shape index (κ2) is 10.4. The lowest BCUT2D eigenvalue weighted by atomic mass is 10.0. The maximum Gasteiger partial charge on any atom is 0.326 e. The molecule has 0 aliphatic carbocycles. The standard InChI is InChI=1S/C19H28N2O5/c1-5-26-17-9-7-6-8-14(17)15(20-13(4)22)11-18(23)21-16(19(24)25)10-12(2)3/h6-9,12,15-16H,5,10-11H2,1-4H3,(H,20,22)(H,21,23)(H,24,25)/t15?,16-/m0/s1. The average Bonchev–Trinajstić information content (AvgIpc) is 2.53. The van der Waals surface area contributed by atoms with E-state index < -0.39 is 24.0 Å². The molecule has 0 aromatic heterocycles. The number of benzene rings is 1. The zero-order valence-electron chi connectivity index (χ0n) is 15.7. The molecule has 0 fully saturated rings. The quantitative estimate of drug-likeness (QED) is 0.591. The van der Waals surface area contributed by atoms with E-state index in [0.717, 1.165) is 0 Å². The van der Waals surface area contributed by atoms with E-state index in [1.807, 2.05) is 26.8 Å². The van der Waals surface area contributed by atoms with Gasteiger partial charge >= 0.3 is 5.97 Å². The molecule has 3 N–H and O–H groups in total. The van der Waals surface area contributed by atoms with Crippen molar-refractivity contribution in [3.05, 3.63) is 29.8 Å². The number of hydrogen-bond acceptors (Lipinski definition) is 4. The lowest BCUT2D eigenvalue weighted by Gasteiger charge is -2.22. The highest BCUT2D eigenvalue weighted by Crippen LogP contribution is 2.27.